The van der Waals surface area contributed by atoms with Gasteiger partial charge in [-0.25, -0.2) is 0 Å². The molecule has 122 valence electrons. The molecule has 1 rings (SSSR count). The Bertz CT molecular complexity index is 322. The smallest absolute Gasteiger partial charge is 0.371 e. The van der Waals surface area contributed by atoms with Crippen LogP contribution in [0, 0.1) is 10.7 Å². The molecular formula is C15H29NO3SSi. The normalized spacial score (nSPS) is 24.7. The molecule has 6 heteroatoms. The minimum absolute atomic E-state index is 0.234. The SMILES string of the molecule is CCOC1(CCCSC#N)CCCC[Si]1(OCC)OCC. The molecule has 1 unspecified atom stereocenters. The van der Waals surface area contributed by atoms with Gasteiger partial charge in [0.2, 0.25) is 0 Å². The van der Waals surface area contributed by atoms with Crippen molar-refractivity contribution < 1.29 is 13.6 Å². The van der Waals surface area contributed by atoms with Crippen LogP contribution in [0.25, 0.3) is 0 Å². The molecule has 0 N–H and O–H groups in total. The number of hydrogen-bond donors (Lipinski definition) is 0. The van der Waals surface area contributed by atoms with Crippen molar-refractivity contribution in [1.82, 2.24) is 0 Å². The van der Waals surface area contributed by atoms with Crippen molar-refractivity contribution in [3.8, 4) is 5.40 Å². The predicted octanol–water partition coefficient (Wildman–Crippen LogP) is 3.99. The summed E-state index contributed by atoms with van der Waals surface area (Å²) in [6, 6.07) is 1.03. The summed E-state index contributed by atoms with van der Waals surface area (Å²) in [6.45, 7) is 8.22. The first-order valence-electron chi connectivity index (χ1n) is 8.13. The Kier molecular flexibility index (Phi) is 8.91. The fraction of sp³-hybridized carbons (Fsp3) is 0.933. The molecule has 0 aromatic heterocycles. The van der Waals surface area contributed by atoms with Crippen LogP contribution >= 0.6 is 11.8 Å². The molecule has 0 spiro atoms. The Balaban J connectivity index is 2.93. The van der Waals surface area contributed by atoms with Gasteiger partial charge in [0.25, 0.3) is 0 Å². The Labute approximate surface area is 134 Å². The molecule has 1 aliphatic heterocycles. The fourth-order valence-corrected chi connectivity index (χ4v) is 8.28. The summed E-state index contributed by atoms with van der Waals surface area (Å²) >= 11 is 1.32. The molecule has 21 heavy (non-hydrogen) atoms. The number of nitrogens with zero attached hydrogens (tertiary/aromatic N) is 1. The third kappa shape index (κ3) is 4.70. The van der Waals surface area contributed by atoms with Gasteiger partial charge < -0.3 is 13.6 Å². The highest BCUT2D eigenvalue weighted by atomic mass is 32.2. The van der Waals surface area contributed by atoms with Crippen molar-refractivity contribution in [2.75, 3.05) is 25.6 Å². The van der Waals surface area contributed by atoms with Crippen molar-refractivity contribution in [2.24, 2.45) is 0 Å². The summed E-state index contributed by atoms with van der Waals surface area (Å²) in [5, 5.41) is 10.6. The van der Waals surface area contributed by atoms with Crippen molar-refractivity contribution in [3.63, 3.8) is 0 Å². The lowest BCUT2D eigenvalue weighted by Crippen LogP contribution is -2.66. The molecule has 0 radical (unpaired) electrons. The second kappa shape index (κ2) is 9.85. The van der Waals surface area contributed by atoms with E-state index in [1.54, 1.807) is 0 Å². The van der Waals surface area contributed by atoms with Crippen LogP contribution in [0.15, 0.2) is 0 Å². The number of thioether (sulfide) groups is 1. The first-order chi connectivity index (χ1) is 10.2. The number of hydrogen-bond acceptors (Lipinski definition) is 5. The van der Waals surface area contributed by atoms with Crippen molar-refractivity contribution in [1.29, 1.82) is 5.26 Å². The molecule has 0 saturated carbocycles. The lowest BCUT2D eigenvalue weighted by molar-refractivity contribution is -0.0457. The van der Waals surface area contributed by atoms with Gasteiger partial charge >= 0.3 is 8.56 Å². The van der Waals surface area contributed by atoms with E-state index in [2.05, 4.69) is 12.3 Å². The molecule has 0 aliphatic carbocycles. The first kappa shape index (κ1) is 19.0. The quantitative estimate of drug-likeness (QED) is 0.344. The standard InChI is InChI=1S/C15H29NO3SSi/c1-4-17-15(11-9-12-20-14-16)10-7-8-13-21(15,18-5-2)19-6-3/h4-13H2,1-3H3. The van der Waals surface area contributed by atoms with E-state index in [0.29, 0.717) is 19.8 Å². The highest BCUT2D eigenvalue weighted by molar-refractivity contribution is 8.03. The zero-order valence-corrected chi connectivity index (χ0v) is 15.5. The monoisotopic (exact) mass is 331 g/mol. The molecule has 1 aliphatic rings. The van der Waals surface area contributed by atoms with E-state index in [0.717, 1.165) is 31.1 Å². The van der Waals surface area contributed by atoms with Gasteiger partial charge in [-0.05, 0) is 57.8 Å². The molecule has 0 aromatic carbocycles. The Morgan fingerprint density at radius 3 is 2.43 bits per heavy atom. The van der Waals surface area contributed by atoms with Crippen LogP contribution in [0.4, 0.5) is 0 Å². The Morgan fingerprint density at radius 1 is 1.14 bits per heavy atom. The predicted molar refractivity (Wildman–Crippen MR) is 89.3 cm³/mol. The number of nitriles is 1. The van der Waals surface area contributed by atoms with Crippen LogP contribution in [-0.4, -0.2) is 39.4 Å². The van der Waals surface area contributed by atoms with E-state index in [1.165, 1.54) is 24.6 Å². The lowest BCUT2D eigenvalue weighted by atomic mass is 10.1. The van der Waals surface area contributed by atoms with Crippen LogP contribution in [-0.2, 0) is 13.6 Å². The zero-order valence-electron chi connectivity index (χ0n) is 13.7. The summed E-state index contributed by atoms with van der Waals surface area (Å²) in [7, 11) is -2.36. The molecule has 1 atom stereocenters. The molecule has 0 bridgehead atoms. The van der Waals surface area contributed by atoms with Gasteiger partial charge in [0, 0.05) is 25.6 Å². The van der Waals surface area contributed by atoms with Crippen LogP contribution in [0.3, 0.4) is 0 Å². The van der Waals surface area contributed by atoms with Gasteiger partial charge in [-0.1, -0.05) is 12.8 Å². The van der Waals surface area contributed by atoms with Crippen molar-refractivity contribution in [2.45, 2.75) is 64.1 Å². The minimum Gasteiger partial charge on any atom is -0.393 e. The third-order valence-electron chi connectivity index (χ3n) is 4.10. The molecule has 1 saturated heterocycles. The van der Waals surface area contributed by atoms with Crippen LogP contribution in [0.2, 0.25) is 6.04 Å². The first-order valence-corrected chi connectivity index (χ1v) is 11.1. The second-order valence-corrected chi connectivity index (χ2v) is 9.67. The average Bonchev–Trinajstić information content (AvgIpc) is 2.47. The zero-order chi connectivity index (χ0) is 15.6. The molecule has 0 amide bonds. The van der Waals surface area contributed by atoms with Gasteiger partial charge in [0.05, 0.1) is 0 Å². The van der Waals surface area contributed by atoms with Crippen LogP contribution < -0.4 is 0 Å². The highest BCUT2D eigenvalue weighted by Gasteiger charge is 2.59. The molecular weight excluding hydrogens is 302 g/mol. The molecule has 0 aromatic rings. The van der Waals surface area contributed by atoms with E-state index in [1.807, 2.05) is 13.8 Å². The van der Waals surface area contributed by atoms with E-state index in [9.17, 15) is 0 Å². The third-order valence-corrected chi connectivity index (χ3v) is 9.27. The van der Waals surface area contributed by atoms with Gasteiger partial charge in [-0.3, -0.25) is 0 Å². The van der Waals surface area contributed by atoms with Crippen LogP contribution in [0.1, 0.15) is 52.9 Å². The number of rotatable bonds is 10. The van der Waals surface area contributed by atoms with Gasteiger partial charge in [0.1, 0.15) is 10.6 Å². The molecule has 4 nitrogen and oxygen atoms in total. The summed E-state index contributed by atoms with van der Waals surface area (Å²) < 4.78 is 18.8. The van der Waals surface area contributed by atoms with E-state index in [4.69, 9.17) is 18.9 Å². The van der Waals surface area contributed by atoms with Gasteiger partial charge in [-0.2, -0.15) is 5.26 Å². The second-order valence-electron chi connectivity index (χ2n) is 5.30. The fourth-order valence-electron chi connectivity index (χ4n) is 3.42. The maximum absolute atomic E-state index is 8.68. The van der Waals surface area contributed by atoms with Gasteiger partial charge in [-0.15, -0.1) is 0 Å². The summed E-state index contributed by atoms with van der Waals surface area (Å²) in [5.41, 5.74) is 0. The Hall–Kier alpha value is -0.0631. The topological polar surface area (TPSA) is 51.5 Å². The summed E-state index contributed by atoms with van der Waals surface area (Å²) in [5.74, 6) is 0.855. The van der Waals surface area contributed by atoms with E-state index in [-0.39, 0.29) is 5.22 Å². The molecule has 1 fully saturated rings. The molecule has 1 heterocycles. The van der Waals surface area contributed by atoms with Crippen LogP contribution in [0.5, 0.6) is 0 Å². The van der Waals surface area contributed by atoms with Crippen molar-refractivity contribution >= 4 is 20.3 Å². The van der Waals surface area contributed by atoms with E-state index >= 15 is 0 Å². The number of ether oxygens (including phenoxy) is 1. The largest absolute Gasteiger partial charge is 0.393 e. The summed E-state index contributed by atoms with van der Waals surface area (Å²) in [6.07, 6.45) is 5.31. The maximum Gasteiger partial charge on any atom is 0.371 e. The maximum atomic E-state index is 8.68. The number of thiocyanates is 1. The minimum atomic E-state index is -2.36. The van der Waals surface area contributed by atoms with Gasteiger partial charge in [0.15, 0.2) is 0 Å². The Morgan fingerprint density at radius 2 is 1.86 bits per heavy atom. The summed E-state index contributed by atoms with van der Waals surface area (Å²) in [4.78, 5) is 0. The average molecular weight is 332 g/mol. The lowest BCUT2D eigenvalue weighted by Gasteiger charge is -2.49. The van der Waals surface area contributed by atoms with Crippen molar-refractivity contribution in [3.05, 3.63) is 0 Å². The van der Waals surface area contributed by atoms with E-state index < -0.39 is 8.56 Å². The highest BCUT2D eigenvalue weighted by Crippen LogP contribution is 2.44.